The van der Waals surface area contributed by atoms with E-state index in [1.165, 1.54) is 7.11 Å². The molecule has 1 atom stereocenters. The summed E-state index contributed by atoms with van der Waals surface area (Å²) < 4.78 is 10.6. The van der Waals surface area contributed by atoms with Gasteiger partial charge >= 0.3 is 6.01 Å². The number of carbonyl (C=O) groups is 1. The summed E-state index contributed by atoms with van der Waals surface area (Å²) in [5.41, 5.74) is 5.15. The van der Waals surface area contributed by atoms with Gasteiger partial charge < -0.3 is 15.2 Å². The van der Waals surface area contributed by atoms with Crippen LogP contribution in [0.5, 0.6) is 11.9 Å². The fourth-order valence-corrected chi connectivity index (χ4v) is 1.92. The molecular formula is C11H16N4O3. The van der Waals surface area contributed by atoms with E-state index in [9.17, 15) is 4.79 Å². The summed E-state index contributed by atoms with van der Waals surface area (Å²) in [6.07, 6.45) is 2.45. The fourth-order valence-electron chi connectivity index (χ4n) is 1.92. The predicted octanol–water partition coefficient (Wildman–Crippen LogP) is -0.576. The second-order valence-corrected chi connectivity index (χ2v) is 4.11. The van der Waals surface area contributed by atoms with Gasteiger partial charge in [0.1, 0.15) is 6.10 Å². The summed E-state index contributed by atoms with van der Waals surface area (Å²) in [4.78, 5) is 20.7. The number of aromatic nitrogens is 2. The Morgan fingerprint density at radius 3 is 3.22 bits per heavy atom. The Bertz CT molecular complexity index is 427. The third-order valence-electron chi connectivity index (χ3n) is 2.69. The van der Waals surface area contributed by atoms with Crippen LogP contribution in [0.1, 0.15) is 6.42 Å². The number of nitrogens with zero attached hydrogens (tertiary/aromatic N) is 3. The van der Waals surface area contributed by atoms with Crippen LogP contribution in [0.15, 0.2) is 12.3 Å². The SMILES string of the molecule is COc1nccc(OC2CCN(CC(N)=O)C2)n1. The summed E-state index contributed by atoms with van der Waals surface area (Å²) >= 11 is 0. The van der Waals surface area contributed by atoms with Crippen LogP contribution in [0.3, 0.4) is 0 Å². The molecule has 0 spiro atoms. The molecule has 2 heterocycles. The highest BCUT2D eigenvalue weighted by atomic mass is 16.5. The Hall–Kier alpha value is -1.89. The van der Waals surface area contributed by atoms with Crippen molar-refractivity contribution in [2.45, 2.75) is 12.5 Å². The summed E-state index contributed by atoms with van der Waals surface area (Å²) in [5, 5.41) is 0. The molecule has 2 N–H and O–H groups in total. The zero-order chi connectivity index (χ0) is 13.0. The van der Waals surface area contributed by atoms with Crippen molar-refractivity contribution in [1.82, 2.24) is 14.9 Å². The average Bonchev–Trinajstić information content (AvgIpc) is 2.76. The van der Waals surface area contributed by atoms with Gasteiger partial charge in [-0.3, -0.25) is 9.69 Å². The van der Waals surface area contributed by atoms with E-state index < -0.39 is 0 Å². The standard InChI is InChI=1S/C11H16N4O3/c1-17-11-13-4-2-10(14-11)18-8-3-5-15(6-8)7-9(12)16/h2,4,8H,3,5-7H2,1H3,(H2,12,16). The lowest BCUT2D eigenvalue weighted by molar-refractivity contribution is -0.118. The van der Waals surface area contributed by atoms with Crippen molar-refractivity contribution in [2.24, 2.45) is 5.73 Å². The lowest BCUT2D eigenvalue weighted by atomic mass is 10.3. The second-order valence-electron chi connectivity index (χ2n) is 4.11. The third kappa shape index (κ3) is 3.30. The molecule has 1 aromatic rings. The van der Waals surface area contributed by atoms with Gasteiger partial charge in [0.05, 0.1) is 13.7 Å². The van der Waals surface area contributed by atoms with E-state index in [1.54, 1.807) is 12.3 Å². The maximum absolute atomic E-state index is 10.8. The van der Waals surface area contributed by atoms with Crippen LogP contribution >= 0.6 is 0 Å². The molecule has 2 rings (SSSR count). The van der Waals surface area contributed by atoms with E-state index in [2.05, 4.69) is 9.97 Å². The quantitative estimate of drug-likeness (QED) is 0.754. The molecule has 1 aliphatic heterocycles. The molecule has 0 bridgehead atoms. The molecule has 1 amide bonds. The Morgan fingerprint density at radius 2 is 2.50 bits per heavy atom. The van der Waals surface area contributed by atoms with Crippen molar-refractivity contribution in [3.8, 4) is 11.9 Å². The number of hydrogen-bond acceptors (Lipinski definition) is 6. The van der Waals surface area contributed by atoms with Gasteiger partial charge in [-0.05, 0) is 6.42 Å². The first-order valence-electron chi connectivity index (χ1n) is 5.71. The first kappa shape index (κ1) is 12.6. The van der Waals surface area contributed by atoms with Crippen molar-refractivity contribution in [1.29, 1.82) is 0 Å². The van der Waals surface area contributed by atoms with Gasteiger partial charge in [0.15, 0.2) is 0 Å². The lowest BCUT2D eigenvalue weighted by Crippen LogP contribution is -2.33. The van der Waals surface area contributed by atoms with E-state index in [-0.39, 0.29) is 24.6 Å². The number of primary amides is 1. The van der Waals surface area contributed by atoms with Crippen molar-refractivity contribution in [3.05, 3.63) is 12.3 Å². The van der Waals surface area contributed by atoms with E-state index in [4.69, 9.17) is 15.2 Å². The number of hydrogen-bond donors (Lipinski definition) is 1. The first-order chi connectivity index (χ1) is 8.67. The zero-order valence-corrected chi connectivity index (χ0v) is 10.2. The number of ether oxygens (including phenoxy) is 2. The van der Waals surface area contributed by atoms with E-state index >= 15 is 0 Å². The molecule has 7 heteroatoms. The maximum Gasteiger partial charge on any atom is 0.319 e. The highest BCUT2D eigenvalue weighted by Crippen LogP contribution is 2.17. The normalized spacial score (nSPS) is 19.7. The van der Waals surface area contributed by atoms with E-state index in [0.717, 1.165) is 13.0 Å². The van der Waals surface area contributed by atoms with Crippen molar-refractivity contribution < 1.29 is 14.3 Å². The smallest absolute Gasteiger partial charge is 0.319 e. The molecule has 1 unspecified atom stereocenters. The Morgan fingerprint density at radius 1 is 1.67 bits per heavy atom. The zero-order valence-electron chi connectivity index (χ0n) is 10.2. The van der Waals surface area contributed by atoms with Gasteiger partial charge in [-0.2, -0.15) is 4.98 Å². The highest BCUT2D eigenvalue weighted by molar-refractivity contribution is 5.75. The maximum atomic E-state index is 10.8. The summed E-state index contributed by atoms with van der Waals surface area (Å²) in [6.45, 7) is 1.75. The number of nitrogens with two attached hydrogens (primary N) is 1. The monoisotopic (exact) mass is 252 g/mol. The van der Waals surface area contributed by atoms with Crippen LogP contribution < -0.4 is 15.2 Å². The minimum absolute atomic E-state index is 0.0176. The fraction of sp³-hybridized carbons (Fsp3) is 0.545. The first-order valence-corrected chi connectivity index (χ1v) is 5.71. The van der Waals surface area contributed by atoms with Gasteiger partial charge in [-0.1, -0.05) is 0 Å². The molecule has 0 saturated carbocycles. The molecule has 1 aliphatic rings. The molecular weight excluding hydrogens is 236 g/mol. The second kappa shape index (κ2) is 5.63. The Labute approximate surface area is 105 Å². The summed E-state index contributed by atoms with van der Waals surface area (Å²) in [6, 6.07) is 1.96. The third-order valence-corrected chi connectivity index (χ3v) is 2.69. The van der Waals surface area contributed by atoms with Crippen molar-refractivity contribution in [2.75, 3.05) is 26.7 Å². The lowest BCUT2D eigenvalue weighted by Gasteiger charge is -2.14. The number of amides is 1. The van der Waals surface area contributed by atoms with Gasteiger partial charge in [0, 0.05) is 25.4 Å². The summed E-state index contributed by atoms with van der Waals surface area (Å²) in [5.74, 6) is 0.159. The average molecular weight is 252 g/mol. The van der Waals surface area contributed by atoms with Crippen LogP contribution in [-0.4, -0.2) is 53.6 Å². The highest BCUT2D eigenvalue weighted by Gasteiger charge is 2.25. The van der Waals surface area contributed by atoms with E-state index in [0.29, 0.717) is 12.4 Å². The molecule has 18 heavy (non-hydrogen) atoms. The Kier molecular flexibility index (Phi) is 3.93. The van der Waals surface area contributed by atoms with Gasteiger partial charge in [0.2, 0.25) is 11.8 Å². The van der Waals surface area contributed by atoms with Crippen LogP contribution in [0.4, 0.5) is 0 Å². The van der Waals surface area contributed by atoms with Crippen LogP contribution in [-0.2, 0) is 4.79 Å². The van der Waals surface area contributed by atoms with Crippen molar-refractivity contribution in [3.63, 3.8) is 0 Å². The Balaban J connectivity index is 1.88. The molecule has 0 aromatic carbocycles. The van der Waals surface area contributed by atoms with Crippen LogP contribution in [0, 0.1) is 0 Å². The van der Waals surface area contributed by atoms with E-state index in [1.807, 2.05) is 4.90 Å². The molecule has 1 fully saturated rings. The molecule has 0 radical (unpaired) electrons. The molecule has 1 saturated heterocycles. The molecule has 7 nitrogen and oxygen atoms in total. The molecule has 98 valence electrons. The summed E-state index contributed by atoms with van der Waals surface area (Å²) in [7, 11) is 1.50. The largest absolute Gasteiger partial charge is 0.473 e. The van der Waals surface area contributed by atoms with Crippen molar-refractivity contribution >= 4 is 5.91 Å². The van der Waals surface area contributed by atoms with Gasteiger partial charge in [-0.25, -0.2) is 4.98 Å². The minimum atomic E-state index is -0.320. The molecule has 1 aromatic heterocycles. The molecule has 0 aliphatic carbocycles. The topological polar surface area (TPSA) is 90.6 Å². The van der Waals surface area contributed by atoms with Crippen LogP contribution in [0.2, 0.25) is 0 Å². The number of likely N-dealkylation sites (tertiary alicyclic amines) is 1. The van der Waals surface area contributed by atoms with Gasteiger partial charge in [0.25, 0.3) is 0 Å². The minimum Gasteiger partial charge on any atom is -0.473 e. The number of carbonyl (C=O) groups excluding carboxylic acids is 1. The number of rotatable bonds is 5. The number of methoxy groups -OCH3 is 1. The van der Waals surface area contributed by atoms with Crippen LogP contribution in [0.25, 0.3) is 0 Å². The van der Waals surface area contributed by atoms with Gasteiger partial charge in [-0.15, -0.1) is 0 Å². The predicted molar refractivity (Wildman–Crippen MR) is 63.3 cm³/mol.